The molecule has 2 aliphatic heterocycles. The van der Waals surface area contributed by atoms with Crippen LogP contribution in [-0.4, -0.2) is 117 Å². The Morgan fingerprint density at radius 3 is 2.59 bits per heavy atom. The van der Waals surface area contributed by atoms with Crippen LogP contribution in [0.5, 0.6) is 5.75 Å². The van der Waals surface area contributed by atoms with E-state index in [1.54, 1.807) is 18.2 Å². The Morgan fingerprint density at radius 1 is 1.06 bits per heavy atom. The van der Waals surface area contributed by atoms with Crippen molar-refractivity contribution in [3.05, 3.63) is 116 Å². The summed E-state index contributed by atoms with van der Waals surface area (Å²) >= 11 is 0. The van der Waals surface area contributed by atoms with E-state index in [0.717, 1.165) is 0 Å². The SMILES string of the molecule is C/C=C/C=C1/N(CCCC(=O)CCCNC(=O)c2cccc(OCC(N=[N+]=[N-])OCCOCC(=O)NCC#Cc3cn([C@H]4CC[C@@H](COP(=O)(O)OP(=O)(O)OP(=O)(O)O)O4)c4nc(N)[nH]c(=O)c34)c2)c2ccc(C)cc2C1(C)C. The van der Waals surface area contributed by atoms with Gasteiger partial charge < -0.3 is 64.4 Å². The van der Waals surface area contributed by atoms with Crippen LogP contribution in [0, 0.1) is 18.8 Å². The van der Waals surface area contributed by atoms with Crippen LogP contribution in [-0.2, 0) is 56.1 Å². The van der Waals surface area contributed by atoms with Gasteiger partial charge in [-0.25, -0.2) is 13.7 Å². The summed E-state index contributed by atoms with van der Waals surface area (Å²) in [6, 6.07) is 12.9. The van der Waals surface area contributed by atoms with E-state index in [2.05, 4.69) is 106 Å². The number of carbonyl (C=O) groups is 3. The number of aromatic nitrogens is 3. The number of Topliss-reactive ketones (excluding diaryl/α,β-unsaturated/α-hetero) is 1. The average molecular weight is 1170 g/mol. The van der Waals surface area contributed by atoms with Crippen LogP contribution in [0.15, 0.2) is 82.5 Å². The number of fused-ring (bicyclic) bond motifs is 2. The molecule has 0 saturated carbocycles. The maximum atomic E-state index is 13.0. The molecule has 28 nitrogen and oxygen atoms in total. The van der Waals surface area contributed by atoms with E-state index in [9.17, 15) is 42.7 Å². The van der Waals surface area contributed by atoms with Crippen LogP contribution in [0.2, 0.25) is 0 Å². The maximum absolute atomic E-state index is 13.0. The number of nitrogen functional groups attached to an aromatic ring is 1. The monoisotopic (exact) mass is 1170 g/mol. The minimum atomic E-state index is -5.72. The lowest BCUT2D eigenvalue weighted by molar-refractivity contribution is -0.126. The first-order valence-electron chi connectivity index (χ1n) is 25.0. The third kappa shape index (κ3) is 18.3. The van der Waals surface area contributed by atoms with Crippen LogP contribution in [0.4, 0.5) is 11.6 Å². The van der Waals surface area contributed by atoms with Crippen LogP contribution in [0.1, 0.15) is 92.6 Å². The number of ketones is 1. The number of nitrogens with two attached hydrogens (primary N) is 1. The lowest BCUT2D eigenvalue weighted by atomic mass is 9.83. The smallest absolute Gasteiger partial charge is 0.490 e. The highest BCUT2D eigenvalue weighted by atomic mass is 31.3. The highest BCUT2D eigenvalue weighted by Crippen LogP contribution is 2.66. The van der Waals surface area contributed by atoms with Gasteiger partial charge in [-0.3, -0.25) is 28.7 Å². The molecule has 2 aromatic carbocycles. The number of aryl methyl sites for hydroxylation is 1. The lowest BCUT2D eigenvalue weighted by Crippen LogP contribution is -2.29. The number of phosphoric acid groups is 3. The van der Waals surface area contributed by atoms with E-state index >= 15 is 0 Å². The number of hydrogen-bond donors (Lipinski definition) is 8. The van der Waals surface area contributed by atoms with Gasteiger partial charge in [-0.05, 0) is 81.0 Å². The first-order chi connectivity index (χ1) is 37.9. The predicted octanol–water partition coefficient (Wildman–Crippen LogP) is 5.97. The van der Waals surface area contributed by atoms with E-state index in [-0.39, 0.29) is 78.9 Å². The summed E-state index contributed by atoms with van der Waals surface area (Å²) < 4.78 is 70.9. The molecule has 1 fully saturated rings. The van der Waals surface area contributed by atoms with Gasteiger partial charge in [-0.2, -0.15) is 13.6 Å². The van der Waals surface area contributed by atoms with E-state index in [1.807, 2.05) is 19.1 Å². The number of nitrogens with zero attached hydrogens (tertiary/aromatic N) is 6. The molecule has 80 heavy (non-hydrogen) atoms. The highest BCUT2D eigenvalue weighted by molar-refractivity contribution is 7.66. The first kappa shape index (κ1) is 62.7. The number of ether oxygens (including phenoxy) is 4. The summed E-state index contributed by atoms with van der Waals surface area (Å²) in [6.07, 6.45) is 7.11. The van der Waals surface area contributed by atoms with E-state index in [1.165, 1.54) is 39.3 Å². The Morgan fingerprint density at radius 2 is 1.84 bits per heavy atom. The van der Waals surface area contributed by atoms with Crippen LogP contribution in [0.25, 0.3) is 21.5 Å². The minimum Gasteiger partial charge on any atom is -0.491 e. The second-order valence-electron chi connectivity index (χ2n) is 18.7. The number of anilines is 2. The number of amides is 2. The van der Waals surface area contributed by atoms with E-state index < -0.39 is 66.7 Å². The number of H-pyrrole nitrogens is 1. The van der Waals surface area contributed by atoms with Crippen molar-refractivity contribution in [3.63, 3.8) is 0 Å². The molecule has 9 N–H and O–H groups in total. The zero-order valence-corrected chi connectivity index (χ0v) is 46.8. The van der Waals surface area contributed by atoms with Crippen LogP contribution < -0.4 is 31.6 Å². The van der Waals surface area contributed by atoms with Crippen molar-refractivity contribution in [2.75, 3.05) is 63.3 Å². The quantitative estimate of drug-likeness (QED) is 0.00775. The van der Waals surface area contributed by atoms with Crippen molar-refractivity contribution in [1.29, 1.82) is 0 Å². The summed E-state index contributed by atoms with van der Waals surface area (Å²) in [5, 5.41) is 9.01. The normalized spacial score (nSPS) is 18.2. The first-order valence-corrected chi connectivity index (χ1v) is 29.5. The average Bonchev–Trinajstić information content (AvgIpc) is 4.05. The predicted molar refractivity (Wildman–Crippen MR) is 290 cm³/mol. The molecule has 0 aliphatic carbocycles. The van der Waals surface area contributed by atoms with Gasteiger partial charge in [0.1, 0.15) is 31.0 Å². The number of carbonyl (C=O) groups excluding carboxylic acids is 3. The number of rotatable bonds is 29. The second-order valence-corrected chi connectivity index (χ2v) is 23.1. The molecular formula is C49H63N10O18P3. The zero-order valence-electron chi connectivity index (χ0n) is 44.1. The van der Waals surface area contributed by atoms with Crippen molar-refractivity contribution in [1.82, 2.24) is 25.2 Å². The highest BCUT2D eigenvalue weighted by Gasteiger charge is 2.42. The standard InChI is InChI=1S/C49H63N10O18P3/c1-5-6-16-40-49(3,4)38-26-32(2)17-19-39(38)58(40)23-10-14-35(60)13-9-22-53-46(62)33-11-7-15-36(27-33)73-31-42(56-57-51)72-25-24-71-30-41(61)52-21-8-12-34-28-59(45-44(34)47(63)55-48(50)54-45)43-20-18-37(75-43)29-74-79(67,68)77-80(69,70)76-78(64,65)66/h5-7,11,15-17,19,26-28,37,42-43H,9-10,13-14,18,20-25,29-31H2,1-4H3,(H,52,61)(H,53,62)(H,67,68)(H,69,70)(H2,64,65,66)(H3,50,54,55,63)/b6-5+,40-16+/t37-,42?,43+/m0/s1. The lowest BCUT2D eigenvalue weighted by Gasteiger charge is -2.27. The molecule has 4 heterocycles. The van der Waals surface area contributed by atoms with Gasteiger partial charge in [0.15, 0.2) is 11.9 Å². The Kier molecular flexibility index (Phi) is 22.2. The number of nitrogens with one attached hydrogen (secondary N) is 3. The van der Waals surface area contributed by atoms with Crippen molar-refractivity contribution in [2.24, 2.45) is 5.11 Å². The van der Waals surface area contributed by atoms with Crippen molar-refractivity contribution in [2.45, 2.75) is 90.2 Å². The molecule has 6 rings (SSSR count). The molecule has 2 amide bonds. The summed E-state index contributed by atoms with van der Waals surface area (Å²) in [7, 11) is -16.7. The van der Waals surface area contributed by atoms with Crippen LogP contribution in [0.3, 0.4) is 0 Å². The van der Waals surface area contributed by atoms with Gasteiger partial charge in [0.2, 0.25) is 11.9 Å². The van der Waals surface area contributed by atoms with Gasteiger partial charge in [-0.15, -0.1) is 0 Å². The summed E-state index contributed by atoms with van der Waals surface area (Å²) in [5.41, 5.74) is 19.5. The molecule has 1 saturated heterocycles. The molecular weight excluding hydrogens is 1110 g/mol. The zero-order chi connectivity index (χ0) is 58.3. The largest absolute Gasteiger partial charge is 0.491 e. The summed E-state index contributed by atoms with van der Waals surface area (Å²) in [4.78, 5) is 99.7. The van der Waals surface area contributed by atoms with Gasteiger partial charge in [-0.1, -0.05) is 66.7 Å². The fraction of sp³-hybridized carbons (Fsp3) is 0.449. The molecule has 2 aliphatic rings. The number of hydrogen-bond acceptors (Lipinski definition) is 18. The Bertz CT molecular complexity index is 3290. The molecule has 432 valence electrons. The Hall–Kier alpha value is -6.49. The molecule has 31 heteroatoms. The molecule has 0 spiro atoms. The second kappa shape index (κ2) is 28.3. The summed E-state index contributed by atoms with van der Waals surface area (Å²) in [6.45, 7) is 7.88. The molecule has 0 radical (unpaired) electrons. The fourth-order valence-electron chi connectivity index (χ4n) is 8.66. The molecule has 4 aromatic rings. The molecule has 2 aromatic heterocycles. The van der Waals surface area contributed by atoms with Crippen LogP contribution >= 0.6 is 23.5 Å². The number of aromatic amines is 1. The van der Waals surface area contributed by atoms with Gasteiger partial charge >= 0.3 is 23.5 Å². The maximum Gasteiger partial charge on any atom is 0.490 e. The topological polar surface area (TPSA) is 401 Å². The third-order valence-electron chi connectivity index (χ3n) is 12.2. The number of phosphoric ester groups is 1. The van der Waals surface area contributed by atoms with Gasteiger partial charge in [0.05, 0.1) is 43.4 Å². The number of benzene rings is 2. The summed E-state index contributed by atoms with van der Waals surface area (Å²) in [5.74, 6) is 4.82. The fourth-order valence-corrected chi connectivity index (χ4v) is 11.7. The van der Waals surface area contributed by atoms with Gasteiger partial charge in [0, 0.05) is 59.4 Å². The Labute approximate surface area is 459 Å². The van der Waals surface area contributed by atoms with Gasteiger partial charge in [0.25, 0.3) is 11.5 Å². The van der Waals surface area contributed by atoms with E-state index in [0.29, 0.717) is 50.1 Å². The third-order valence-corrected chi connectivity index (χ3v) is 16.0. The molecule has 5 atom stereocenters. The molecule has 3 unspecified atom stereocenters. The van der Waals surface area contributed by atoms with Crippen molar-refractivity contribution >= 4 is 63.7 Å². The van der Waals surface area contributed by atoms with Crippen molar-refractivity contribution in [3.8, 4) is 17.6 Å². The van der Waals surface area contributed by atoms with E-state index in [4.69, 9.17) is 40.0 Å². The van der Waals surface area contributed by atoms with Crippen molar-refractivity contribution < 1.29 is 79.7 Å². The number of azide groups is 1. The number of allylic oxidation sites excluding steroid dienone is 4. The Balaban J connectivity index is 0.875. The minimum absolute atomic E-state index is 0.0263. The molecule has 0 bridgehead atoms.